The lowest BCUT2D eigenvalue weighted by molar-refractivity contribution is -0.613. The van der Waals surface area contributed by atoms with Gasteiger partial charge in [0.05, 0.1) is 11.3 Å². The standard InChI is InChI=1S/C29H21ClN6O4/c1-18(19-5-3-2-4-6-19)27(28(37)32-23-11-7-20(8-12-23)29(38)39)26-13-9-21(16-36(26)40)24-15-22(30)10-14-25(24)35-17-31-33-34-35/h2-17,27H,1H2,(H,32,37)(H,38,39). The Kier molecular flexibility index (Phi) is 7.34. The number of amides is 1. The third kappa shape index (κ3) is 5.42. The molecule has 3 aromatic carbocycles. The van der Waals surface area contributed by atoms with E-state index in [1.54, 1.807) is 42.5 Å². The number of nitrogens with one attached hydrogen (secondary N) is 1. The summed E-state index contributed by atoms with van der Waals surface area (Å²) in [6.45, 7) is 4.15. The van der Waals surface area contributed by atoms with Crippen molar-refractivity contribution in [2.75, 3.05) is 5.32 Å². The third-order valence-electron chi connectivity index (χ3n) is 6.26. The van der Waals surface area contributed by atoms with Gasteiger partial charge in [0.1, 0.15) is 12.2 Å². The highest BCUT2D eigenvalue weighted by Crippen LogP contribution is 2.33. The summed E-state index contributed by atoms with van der Waals surface area (Å²) >= 11 is 6.26. The molecule has 0 radical (unpaired) electrons. The van der Waals surface area contributed by atoms with Crippen molar-refractivity contribution in [2.45, 2.75) is 5.92 Å². The maximum atomic E-state index is 13.6. The minimum atomic E-state index is -1.08. The predicted octanol–water partition coefficient (Wildman–Crippen LogP) is 4.75. The number of carbonyl (C=O) groups excluding carboxylic acids is 1. The van der Waals surface area contributed by atoms with Crippen LogP contribution >= 0.6 is 11.6 Å². The lowest BCUT2D eigenvalue weighted by atomic mass is 9.89. The fourth-order valence-corrected chi connectivity index (χ4v) is 4.46. The smallest absolute Gasteiger partial charge is 0.335 e. The van der Waals surface area contributed by atoms with Crippen LogP contribution in [0.2, 0.25) is 5.02 Å². The van der Waals surface area contributed by atoms with Crippen molar-refractivity contribution in [3.8, 4) is 16.8 Å². The lowest BCUT2D eigenvalue weighted by Gasteiger charge is -2.20. The van der Waals surface area contributed by atoms with Gasteiger partial charge >= 0.3 is 5.97 Å². The number of aromatic nitrogens is 5. The highest BCUT2D eigenvalue weighted by molar-refractivity contribution is 6.31. The number of pyridine rings is 1. The summed E-state index contributed by atoms with van der Waals surface area (Å²) in [6.07, 6.45) is 2.79. The molecule has 0 aliphatic rings. The molecule has 198 valence electrons. The lowest BCUT2D eigenvalue weighted by Crippen LogP contribution is -2.37. The van der Waals surface area contributed by atoms with Crippen molar-refractivity contribution >= 4 is 34.7 Å². The topological polar surface area (TPSA) is 137 Å². The Hall–Kier alpha value is -5.35. The van der Waals surface area contributed by atoms with Crippen LogP contribution in [0.3, 0.4) is 0 Å². The quantitative estimate of drug-likeness (QED) is 0.209. The summed E-state index contributed by atoms with van der Waals surface area (Å²) in [7, 11) is 0. The molecule has 0 saturated heterocycles. The van der Waals surface area contributed by atoms with Crippen molar-refractivity contribution < 1.29 is 19.4 Å². The SMILES string of the molecule is C=C(c1ccccc1)C(C(=O)Nc1ccc(C(=O)O)cc1)c1ccc(-c2cc(Cl)ccc2-n2cnnn2)c[n+]1[O-]. The molecule has 1 unspecified atom stereocenters. The van der Waals surface area contributed by atoms with Gasteiger partial charge in [0, 0.05) is 27.9 Å². The zero-order valence-electron chi connectivity index (χ0n) is 20.8. The molecular weight excluding hydrogens is 532 g/mol. The zero-order valence-corrected chi connectivity index (χ0v) is 21.6. The molecule has 5 rings (SSSR count). The van der Waals surface area contributed by atoms with E-state index in [1.807, 2.05) is 18.2 Å². The van der Waals surface area contributed by atoms with Gasteiger partial charge < -0.3 is 15.6 Å². The van der Waals surface area contributed by atoms with E-state index in [2.05, 4.69) is 27.4 Å². The van der Waals surface area contributed by atoms with Crippen LogP contribution in [0.1, 0.15) is 27.5 Å². The van der Waals surface area contributed by atoms with Crippen LogP contribution in [0.25, 0.3) is 22.4 Å². The Morgan fingerprint density at radius 3 is 2.40 bits per heavy atom. The van der Waals surface area contributed by atoms with E-state index in [4.69, 9.17) is 16.7 Å². The van der Waals surface area contributed by atoms with Crippen molar-refractivity contribution in [1.29, 1.82) is 0 Å². The Bertz CT molecular complexity index is 1710. The van der Waals surface area contributed by atoms with Crippen LogP contribution in [0.4, 0.5) is 5.69 Å². The van der Waals surface area contributed by atoms with E-state index in [1.165, 1.54) is 41.5 Å². The average molecular weight is 553 g/mol. The average Bonchev–Trinajstić information content (AvgIpc) is 3.49. The van der Waals surface area contributed by atoms with Crippen LogP contribution in [0, 0.1) is 5.21 Å². The van der Waals surface area contributed by atoms with Gasteiger partial charge in [-0.1, -0.05) is 48.5 Å². The Morgan fingerprint density at radius 1 is 1.00 bits per heavy atom. The van der Waals surface area contributed by atoms with Gasteiger partial charge in [-0.15, -0.1) is 5.10 Å². The number of tetrazole rings is 1. The van der Waals surface area contributed by atoms with Crippen LogP contribution in [-0.2, 0) is 4.79 Å². The molecule has 0 aliphatic carbocycles. The maximum Gasteiger partial charge on any atom is 0.335 e. The van der Waals surface area contributed by atoms with E-state index in [-0.39, 0.29) is 11.3 Å². The minimum Gasteiger partial charge on any atom is -0.618 e. The maximum absolute atomic E-state index is 13.6. The number of hydrogen-bond donors (Lipinski definition) is 2. The van der Waals surface area contributed by atoms with Crippen molar-refractivity contribution in [1.82, 2.24) is 20.2 Å². The largest absolute Gasteiger partial charge is 0.618 e. The Morgan fingerprint density at radius 2 is 1.75 bits per heavy atom. The van der Waals surface area contributed by atoms with Crippen molar-refractivity contribution in [2.24, 2.45) is 0 Å². The Labute approximate surface area is 233 Å². The molecule has 1 amide bonds. The molecule has 5 aromatic rings. The van der Waals surface area contributed by atoms with Crippen LogP contribution in [-0.4, -0.2) is 37.2 Å². The first-order chi connectivity index (χ1) is 19.3. The van der Waals surface area contributed by atoms with Gasteiger partial charge in [0.25, 0.3) is 0 Å². The zero-order chi connectivity index (χ0) is 28.2. The number of carboxylic acid groups (broad SMARTS) is 1. The molecule has 0 spiro atoms. The summed E-state index contributed by atoms with van der Waals surface area (Å²) in [5.41, 5.74) is 3.44. The van der Waals surface area contributed by atoms with Gasteiger partial charge in [-0.25, -0.2) is 4.79 Å². The summed E-state index contributed by atoms with van der Waals surface area (Å²) in [4.78, 5) is 24.8. The molecule has 2 heterocycles. The molecule has 10 nitrogen and oxygen atoms in total. The van der Waals surface area contributed by atoms with Gasteiger partial charge in [0.2, 0.25) is 11.6 Å². The third-order valence-corrected chi connectivity index (χ3v) is 6.50. The molecular formula is C29H21ClN6O4. The normalized spacial score (nSPS) is 11.5. The first-order valence-corrected chi connectivity index (χ1v) is 12.3. The summed E-state index contributed by atoms with van der Waals surface area (Å²) in [5, 5.41) is 37.2. The van der Waals surface area contributed by atoms with Crippen LogP contribution < -0.4 is 10.0 Å². The van der Waals surface area contributed by atoms with E-state index >= 15 is 0 Å². The second kappa shape index (κ2) is 11.2. The minimum absolute atomic E-state index is 0.0818. The summed E-state index contributed by atoms with van der Waals surface area (Å²) < 4.78 is 2.09. The first-order valence-electron chi connectivity index (χ1n) is 12.0. The molecule has 40 heavy (non-hydrogen) atoms. The van der Waals surface area contributed by atoms with Gasteiger partial charge in [-0.05, 0) is 70.1 Å². The number of halogens is 1. The monoisotopic (exact) mass is 552 g/mol. The molecule has 0 fully saturated rings. The highest BCUT2D eigenvalue weighted by atomic mass is 35.5. The van der Waals surface area contributed by atoms with E-state index in [0.29, 0.717) is 43.4 Å². The van der Waals surface area contributed by atoms with Gasteiger partial charge in [-0.3, -0.25) is 4.79 Å². The number of nitrogens with zero attached hydrogens (tertiary/aromatic N) is 5. The van der Waals surface area contributed by atoms with Gasteiger partial charge in [-0.2, -0.15) is 9.41 Å². The fraction of sp³-hybridized carbons (Fsp3) is 0.0345. The van der Waals surface area contributed by atoms with Crippen LogP contribution in [0.5, 0.6) is 0 Å². The number of carboxylic acids is 1. The second-order valence-corrected chi connectivity index (χ2v) is 9.22. The summed E-state index contributed by atoms with van der Waals surface area (Å²) in [6, 6.07) is 23.2. The van der Waals surface area contributed by atoms with E-state index in [9.17, 15) is 14.8 Å². The van der Waals surface area contributed by atoms with E-state index < -0.39 is 17.8 Å². The van der Waals surface area contributed by atoms with Crippen LogP contribution in [0.15, 0.2) is 104 Å². The number of carbonyl (C=O) groups is 2. The molecule has 11 heteroatoms. The van der Waals surface area contributed by atoms with E-state index in [0.717, 1.165) is 0 Å². The highest BCUT2D eigenvalue weighted by Gasteiger charge is 2.32. The second-order valence-electron chi connectivity index (χ2n) is 8.78. The number of anilines is 1. The molecule has 2 N–H and O–H groups in total. The molecule has 2 aromatic heterocycles. The molecule has 0 saturated carbocycles. The summed E-state index contributed by atoms with van der Waals surface area (Å²) in [5.74, 6) is -2.65. The predicted molar refractivity (Wildman–Crippen MR) is 149 cm³/mol. The van der Waals surface area contributed by atoms with Crippen molar-refractivity contribution in [3.05, 3.63) is 131 Å². The van der Waals surface area contributed by atoms with Gasteiger partial charge in [0.15, 0.2) is 6.20 Å². The fourth-order valence-electron chi connectivity index (χ4n) is 4.29. The number of hydrogen-bond acceptors (Lipinski definition) is 6. The first kappa shape index (κ1) is 26.3. The molecule has 0 aliphatic heterocycles. The number of benzene rings is 3. The Balaban J connectivity index is 1.54. The number of aromatic carboxylic acids is 1. The molecule has 0 bridgehead atoms. The number of rotatable bonds is 8. The molecule has 1 atom stereocenters. The van der Waals surface area contributed by atoms with Crippen molar-refractivity contribution in [3.63, 3.8) is 0 Å².